The summed E-state index contributed by atoms with van der Waals surface area (Å²) < 4.78 is 10.6. The molecular weight excluding hydrogens is 312 g/mol. The Labute approximate surface area is 131 Å². The number of nitrogens with zero attached hydrogens (tertiary/aromatic N) is 1. The second-order valence-electron chi connectivity index (χ2n) is 4.17. The molecule has 0 bridgehead atoms. The van der Waals surface area contributed by atoms with E-state index in [2.05, 4.69) is 10.3 Å². The molecule has 0 saturated carbocycles. The van der Waals surface area contributed by atoms with E-state index in [0.717, 1.165) is 5.69 Å². The maximum absolute atomic E-state index is 12.2. The Morgan fingerprint density at radius 3 is 2.81 bits per heavy atom. The summed E-state index contributed by atoms with van der Waals surface area (Å²) in [6.45, 7) is 4.17. The van der Waals surface area contributed by atoms with Crippen molar-refractivity contribution in [2.45, 2.75) is 13.8 Å². The lowest BCUT2D eigenvalue weighted by molar-refractivity contribution is 0.102. The van der Waals surface area contributed by atoms with E-state index in [1.807, 2.05) is 19.2 Å². The number of rotatable bonds is 5. The first-order chi connectivity index (χ1) is 10.0. The minimum absolute atomic E-state index is 0.299. The lowest BCUT2D eigenvalue weighted by Crippen LogP contribution is -2.12. The zero-order chi connectivity index (χ0) is 15.4. The van der Waals surface area contributed by atoms with Crippen LogP contribution in [0.2, 0.25) is 5.02 Å². The second-order valence-corrected chi connectivity index (χ2v) is 5.44. The predicted octanol–water partition coefficient (Wildman–Crippen LogP) is 3.76. The number of methoxy groups -OCH3 is 1. The first-order valence-corrected chi connectivity index (χ1v) is 7.54. The van der Waals surface area contributed by atoms with Crippen LogP contribution in [0, 0.1) is 6.92 Å². The largest absolute Gasteiger partial charge is 0.493 e. The van der Waals surface area contributed by atoms with Gasteiger partial charge in [-0.05, 0) is 26.0 Å². The van der Waals surface area contributed by atoms with Crippen molar-refractivity contribution in [2.24, 2.45) is 0 Å². The zero-order valence-corrected chi connectivity index (χ0v) is 13.5. The van der Waals surface area contributed by atoms with Crippen LogP contribution >= 0.6 is 22.9 Å². The summed E-state index contributed by atoms with van der Waals surface area (Å²) in [5.41, 5.74) is 1.24. The molecule has 21 heavy (non-hydrogen) atoms. The fourth-order valence-corrected chi connectivity index (χ4v) is 2.66. The van der Waals surface area contributed by atoms with Crippen LogP contribution in [0.3, 0.4) is 0 Å². The van der Waals surface area contributed by atoms with Crippen molar-refractivity contribution in [2.75, 3.05) is 19.0 Å². The number of nitrogens with one attached hydrogen (secondary N) is 1. The predicted molar refractivity (Wildman–Crippen MR) is 84.0 cm³/mol. The summed E-state index contributed by atoms with van der Waals surface area (Å²) in [6, 6.07) is 3.14. The number of aryl methyl sites for hydroxylation is 1. The minimum Gasteiger partial charge on any atom is -0.493 e. The van der Waals surface area contributed by atoms with E-state index < -0.39 is 0 Å². The smallest absolute Gasteiger partial charge is 0.257 e. The highest BCUT2D eigenvalue weighted by atomic mass is 35.5. The Bertz CT molecular complexity index is 658. The van der Waals surface area contributed by atoms with Crippen molar-refractivity contribution in [1.29, 1.82) is 0 Å². The van der Waals surface area contributed by atoms with Gasteiger partial charge in [-0.3, -0.25) is 10.1 Å². The molecule has 1 heterocycles. The van der Waals surface area contributed by atoms with Crippen LogP contribution < -0.4 is 14.8 Å². The van der Waals surface area contributed by atoms with Gasteiger partial charge in [0.2, 0.25) is 0 Å². The molecule has 0 unspecified atom stereocenters. The molecule has 0 aliphatic carbocycles. The molecule has 0 fully saturated rings. The molecule has 2 rings (SSSR count). The highest BCUT2D eigenvalue weighted by Gasteiger charge is 2.16. The molecule has 0 atom stereocenters. The summed E-state index contributed by atoms with van der Waals surface area (Å²) in [6.07, 6.45) is 0. The van der Waals surface area contributed by atoms with Gasteiger partial charge in [-0.2, -0.15) is 0 Å². The van der Waals surface area contributed by atoms with E-state index in [4.69, 9.17) is 21.1 Å². The Balaban J connectivity index is 2.27. The van der Waals surface area contributed by atoms with E-state index in [1.165, 1.54) is 18.4 Å². The number of hydrogen-bond acceptors (Lipinski definition) is 5. The van der Waals surface area contributed by atoms with Crippen LogP contribution in [-0.4, -0.2) is 24.6 Å². The first-order valence-electron chi connectivity index (χ1n) is 6.29. The van der Waals surface area contributed by atoms with Crippen molar-refractivity contribution in [3.8, 4) is 11.5 Å². The number of thiazole rings is 1. The molecule has 1 N–H and O–H groups in total. The van der Waals surface area contributed by atoms with Crippen molar-refractivity contribution in [3.05, 3.63) is 33.8 Å². The van der Waals surface area contributed by atoms with Crippen LogP contribution in [0.5, 0.6) is 11.5 Å². The van der Waals surface area contributed by atoms with Gasteiger partial charge in [0.15, 0.2) is 16.6 Å². The fourth-order valence-electron chi connectivity index (χ4n) is 1.72. The normalized spacial score (nSPS) is 10.3. The number of hydrogen-bond donors (Lipinski definition) is 1. The molecule has 5 nitrogen and oxygen atoms in total. The summed E-state index contributed by atoms with van der Waals surface area (Å²) in [7, 11) is 1.50. The highest BCUT2D eigenvalue weighted by molar-refractivity contribution is 7.13. The van der Waals surface area contributed by atoms with Gasteiger partial charge in [-0.15, -0.1) is 11.3 Å². The molecule has 112 valence electrons. The topological polar surface area (TPSA) is 60.5 Å². The van der Waals surface area contributed by atoms with Gasteiger partial charge in [0.05, 0.1) is 24.4 Å². The Kier molecular flexibility index (Phi) is 5.03. The van der Waals surface area contributed by atoms with Gasteiger partial charge >= 0.3 is 0 Å². The van der Waals surface area contributed by atoms with Crippen molar-refractivity contribution in [3.63, 3.8) is 0 Å². The molecule has 7 heteroatoms. The van der Waals surface area contributed by atoms with Gasteiger partial charge in [-0.1, -0.05) is 11.6 Å². The number of aromatic nitrogens is 1. The van der Waals surface area contributed by atoms with Gasteiger partial charge in [0, 0.05) is 10.9 Å². The molecule has 1 amide bonds. The standard InChI is InChI=1S/C14H15ClN2O3S/c1-4-20-12-10(15)5-9(6-11(12)19-3)13(18)17-14-16-8(2)7-21-14/h5-7H,4H2,1-3H3,(H,16,17,18). The Hall–Kier alpha value is -1.79. The SMILES string of the molecule is CCOc1c(Cl)cc(C(=O)Nc2nc(C)cs2)cc1OC. The number of anilines is 1. The first kappa shape index (κ1) is 15.6. The lowest BCUT2D eigenvalue weighted by atomic mass is 10.2. The van der Waals surface area contributed by atoms with Gasteiger partial charge in [0.1, 0.15) is 0 Å². The van der Waals surface area contributed by atoms with Crippen molar-refractivity contribution in [1.82, 2.24) is 4.98 Å². The third kappa shape index (κ3) is 3.65. The summed E-state index contributed by atoms with van der Waals surface area (Å²) >= 11 is 7.51. The molecule has 1 aromatic heterocycles. The second kappa shape index (κ2) is 6.78. The number of carbonyl (C=O) groups is 1. The maximum Gasteiger partial charge on any atom is 0.257 e. The van der Waals surface area contributed by atoms with Crippen LogP contribution in [0.15, 0.2) is 17.5 Å². The minimum atomic E-state index is -0.299. The molecule has 1 aromatic carbocycles. The van der Waals surface area contributed by atoms with E-state index in [0.29, 0.717) is 33.8 Å². The average Bonchev–Trinajstić information content (AvgIpc) is 2.86. The lowest BCUT2D eigenvalue weighted by Gasteiger charge is -2.12. The number of carbonyl (C=O) groups excluding carboxylic acids is 1. The van der Waals surface area contributed by atoms with Crippen LogP contribution in [0.1, 0.15) is 23.0 Å². The third-order valence-electron chi connectivity index (χ3n) is 2.62. The van der Waals surface area contributed by atoms with E-state index >= 15 is 0 Å². The Morgan fingerprint density at radius 1 is 1.48 bits per heavy atom. The number of halogens is 1. The van der Waals surface area contributed by atoms with Gasteiger partial charge in [0.25, 0.3) is 5.91 Å². The fraction of sp³-hybridized carbons (Fsp3) is 0.286. The van der Waals surface area contributed by atoms with Crippen LogP contribution in [0.25, 0.3) is 0 Å². The quantitative estimate of drug-likeness (QED) is 0.908. The molecule has 0 aliphatic rings. The monoisotopic (exact) mass is 326 g/mol. The van der Waals surface area contributed by atoms with E-state index in [1.54, 1.807) is 12.1 Å². The average molecular weight is 327 g/mol. The maximum atomic E-state index is 12.2. The van der Waals surface area contributed by atoms with Crippen LogP contribution in [-0.2, 0) is 0 Å². The van der Waals surface area contributed by atoms with E-state index in [-0.39, 0.29) is 5.91 Å². The molecule has 0 spiro atoms. The highest BCUT2D eigenvalue weighted by Crippen LogP contribution is 2.36. The number of ether oxygens (including phenoxy) is 2. The van der Waals surface area contributed by atoms with Crippen molar-refractivity contribution >= 4 is 34.0 Å². The zero-order valence-electron chi connectivity index (χ0n) is 11.9. The van der Waals surface area contributed by atoms with Gasteiger partial charge < -0.3 is 9.47 Å². The summed E-state index contributed by atoms with van der Waals surface area (Å²) in [4.78, 5) is 16.4. The molecular formula is C14H15ClN2O3S. The molecule has 0 radical (unpaired) electrons. The Morgan fingerprint density at radius 2 is 2.24 bits per heavy atom. The summed E-state index contributed by atoms with van der Waals surface area (Å²) in [5, 5.41) is 5.46. The molecule has 0 saturated heterocycles. The molecule has 0 aliphatic heterocycles. The van der Waals surface area contributed by atoms with Gasteiger partial charge in [-0.25, -0.2) is 4.98 Å². The number of amides is 1. The third-order valence-corrected chi connectivity index (χ3v) is 3.78. The van der Waals surface area contributed by atoms with Crippen LogP contribution in [0.4, 0.5) is 5.13 Å². The van der Waals surface area contributed by atoms with E-state index in [9.17, 15) is 4.79 Å². The summed E-state index contributed by atoms with van der Waals surface area (Å²) in [5.74, 6) is 0.556. The van der Waals surface area contributed by atoms with Crippen molar-refractivity contribution < 1.29 is 14.3 Å². The number of benzene rings is 1. The molecule has 2 aromatic rings.